The first kappa shape index (κ1) is 24.3. The van der Waals surface area contributed by atoms with Crippen molar-refractivity contribution in [3.05, 3.63) is 29.8 Å². The standard InChI is InChI=1S/C17H25N3O2.C2HF3O2/c1-20(2)14-9-6-13(7-10-14)8-11-16(21)19-15-5-3-4-12-18-17(15)22;3-2(4,5)1(6)7/h6-7,9-10,15H,3-5,8,11-12H2,1-2H3,(H,18,22)(H,19,21);(H,6,7). The maximum absolute atomic E-state index is 12.0. The highest BCUT2D eigenvalue weighted by Gasteiger charge is 2.38. The van der Waals surface area contributed by atoms with Crippen LogP contribution in [0.1, 0.15) is 31.2 Å². The maximum atomic E-state index is 12.0. The van der Waals surface area contributed by atoms with Crippen molar-refractivity contribution < 1.29 is 32.7 Å². The molecule has 1 heterocycles. The molecule has 29 heavy (non-hydrogen) atoms. The third-order valence-corrected chi connectivity index (χ3v) is 4.21. The van der Waals surface area contributed by atoms with Gasteiger partial charge in [-0.25, -0.2) is 4.79 Å². The van der Waals surface area contributed by atoms with E-state index >= 15 is 0 Å². The minimum atomic E-state index is -5.08. The molecule has 0 aromatic heterocycles. The lowest BCUT2D eigenvalue weighted by Crippen LogP contribution is -2.45. The van der Waals surface area contributed by atoms with Gasteiger partial charge in [-0.2, -0.15) is 13.2 Å². The van der Waals surface area contributed by atoms with Crippen molar-refractivity contribution in [1.29, 1.82) is 0 Å². The number of carbonyl (C=O) groups is 3. The van der Waals surface area contributed by atoms with Crippen LogP contribution in [0.2, 0.25) is 0 Å². The van der Waals surface area contributed by atoms with E-state index < -0.39 is 12.1 Å². The van der Waals surface area contributed by atoms with Crippen LogP contribution in [0, 0.1) is 0 Å². The third kappa shape index (κ3) is 9.31. The average Bonchev–Trinajstić information content (AvgIpc) is 2.84. The van der Waals surface area contributed by atoms with Gasteiger partial charge in [-0.1, -0.05) is 12.1 Å². The molecule has 3 N–H and O–H groups in total. The van der Waals surface area contributed by atoms with Crippen molar-refractivity contribution in [3.63, 3.8) is 0 Å². The first-order valence-electron chi connectivity index (χ1n) is 9.14. The Labute approximate surface area is 167 Å². The maximum Gasteiger partial charge on any atom is 0.490 e. The fourth-order valence-corrected chi connectivity index (χ4v) is 2.56. The molecular weight excluding hydrogens is 391 g/mol. The number of amides is 2. The van der Waals surface area contributed by atoms with E-state index in [1.54, 1.807) is 0 Å². The fourth-order valence-electron chi connectivity index (χ4n) is 2.56. The number of aryl methyl sites for hydroxylation is 1. The van der Waals surface area contributed by atoms with Gasteiger partial charge in [0, 0.05) is 32.7 Å². The Bertz CT molecular complexity index is 691. The van der Waals surface area contributed by atoms with Crippen LogP contribution in [0.5, 0.6) is 0 Å². The second-order valence-corrected chi connectivity index (χ2v) is 6.77. The lowest BCUT2D eigenvalue weighted by Gasteiger charge is -2.15. The number of carbonyl (C=O) groups excluding carboxylic acids is 2. The van der Waals surface area contributed by atoms with Crippen LogP contribution in [0.15, 0.2) is 24.3 Å². The molecule has 0 aliphatic carbocycles. The summed E-state index contributed by atoms with van der Waals surface area (Å²) in [4.78, 5) is 34.8. The van der Waals surface area contributed by atoms with Crippen molar-refractivity contribution in [2.45, 2.75) is 44.3 Å². The molecule has 2 amide bonds. The summed E-state index contributed by atoms with van der Waals surface area (Å²) in [6.45, 7) is 0.712. The normalized spacial score (nSPS) is 16.6. The Kier molecular flexibility index (Phi) is 9.43. The summed E-state index contributed by atoms with van der Waals surface area (Å²) < 4.78 is 31.7. The summed E-state index contributed by atoms with van der Waals surface area (Å²) in [6, 6.07) is 7.81. The molecule has 1 aliphatic heterocycles. The minimum Gasteiger partial charge on any atom is -0.475 e. The number of alkyl halides is 3. The Morgan fingerprint density at radius 1 is 1.21 bits per heavy atom. The van der Waals surface area contributed by atoms with Crippen molar-refractivity contribution in [3.8, 4) is 0 Å². The highest BCUT2D eigenvalue weighted by molar-refractivity contribution is 5.87. The molecule has 2 rings (SSSR count). The van der Waals surface area contributed by atoms with E-state index in [-0.39, 0.29) is 17.9 Å². The topological polar surface area (TPSA) is 98.7 Å². The minimum absolute atomic E-state index is 0.0545. The van der Waals surface area contributed by atoms with Gasteiger partial charge in [-0.05, 0) is 43.4 Å². The SMILES string of the molecule is CN(C)c1ccc(CCC(=O)NC2CCCCNC2=O)cc1.O=C(O)C(F)(F)F. The zero-order valence-electron chi connectivity index (χ0n) is 16.4. The number of anilines is 1. The van der Waals surface area contributed by atoms with Crippen LogP contribution in [0.4, 0.5) is 18.9 Å². The molecule has 0 saturated carbocycles. The Balaban J connectivity index is 0.000000516. The number of rotatable bonds is 5. The molecule has 0 spiro atoms. The Morgan fingerprint density at radius 2 is 1.79 bits per heavy atom. The van der Waals surface area contributed by atoms with Crippen molar-refractivity contribution >= 4 is 23.5 Å². The zero-order chi connectivity index (χ0) is 22.0. The molecule has 0 radical (unpaired) electrons. The number of halogens is 3. The van der Waals surface area contributed by atoms with Gasteiger partial charge in [0.1, 0.15) is 6.04 Å². The summed E-state index contributed by atoms with van der Waals surface area (Å²) in [5.74, 6) is -2.87. The highest BCUT2D eigenvalue weighted by Crippen LogP contribution is 2.14. The van der Waals surface area contributed by atoms with Crippen molar-refractivity contribution in [2.24, 2.45) is 0 Å². The molecule has 162 valence electrons. The predicted octanol–water partition coefficient (Wildman–Crippen LogP) is 2.10. The van der Waals surface area contributed by atoms with Crippen LogP contribution in [-0.2, 0) is 20.8 Å². The quantitative estimate of drug-likeness (QED) is 0.682. The van der Waals surface area contributed by atoms with E-state index in [0.717, 1.165) is 30.5 Å². The molecule has 1 aromatic carbocycles. The third-order valence-electron chi connectivity index (χ3n) is 4.21. The second-order valence-electron chi connectivity index (χ2n) is 6.77. The Hall–Kier alpha value is -2.78. The van der Waals surface area contributed by atoms with E-state index in [9.17, 15) is 22.8 Å². The van der Waals surface area contributed by atoms with Gasteiger partial charge < -0.3 is 20.6 Å². The number of nitrogens with one attached hydrogen (secondary N) is 2. The van der Waals surface area contributed by atoms with Gasteiger partial charge in [0.05, 0.1) is 0 Å². The first-order chi connectivity index (χ1) is 13.5. The zero-order valence-corrected chi connectivity index (χ0v) is 16.4. The van der Waals surface area contributed by atoms with Gasteiger partial charge in [0.25, 0.3) is 0 Å². The molecule has 1 fully saturated rings. The predicted molar refractivity (Wildman–Crippen MR) is 102 cm³/mol. The van der Waals surface area contributed by atoms with Gasteiger partial charge in [-0.3, -0.25) is 9.59 Å². The second kappa shape index (κ2) is 11.3. The largest absolute Gasteiger partial charge is 0.490 e. The fraction of sp³-hybridized carbons (Fsp3) is 0.526. The van der Waals surface area contributed by atoms with Gasteiger partial charge in [0.2, 0.25) is 11.8 Å². The number of benzene rings is 1. The Morgan fingerprint density at radius 3 is 2.31 bits per heavy atom. The molecular formula is C19H26F3N3O4. The van der Waals surface area contributed by atoms with Crippen LogP contribution >= 0.6 is 0 Å². The summed E-state index contributed by atoms with van der Waals surface area (Å²) in [7, 11) is 4.00. The average molecular weight is 417 g/mol. The van der Waals surface area contributed by atoms with E-state index in [2.05, 4.69) is 10.6 Å². The van der Waals surface area contributed by atoms with E-state index in [4.69, 9.17) is 9.90 Å². The molecule has 1 unspecified atom stereocenters. The van der Waals surface area contributed by atoms with E-state index in [1.165, 1.54) is 0 Å². The van der Waals surface area contributed by atoms with Gasteiger partial charge in [-0.15, -0.1) is 0 Å². The molecule has 7 nitrogen and oxygen atoms in total. The molecule has 1 aromatic rings. The smallest absolute Gasteiger partial charge is 0.475 e. The monoisotopic (exact) mass is 417 g/mol. The molecule has 1 aliphatic rings. The van der Waals surface area contributed by atoms with Crippen LogP contribution in [0.3, 0.4) is 0 Å². The van der Waals surface area contributed by atoms with Crippen molar-refractivity contribution in [2.75, 3.05) is 25.5 Å². The summed E-state index contributed by atoms with van der Waals surface area (Å²) in [5, 5.41) is 12.8. The van der Waals surface area contributed by atoms with Crippen LogP contribution in [-0.4, -0.2) is 55.7 Å². The van der Waals surface area contributed by atoms with Gasteiger partial charge >= 0.3 is 12.1 Å². The summed E-state index contributed by atoms with van der Waals surface area (Å²) in [6.07, 6.45) is -1.31. The molecule has 0 bridgehead atoms. The van der Waals surface area contributed by atoms with Gasteiger partial charge in [0.15, 0.2) is 0 Å². The van der Waals surface area contributed by atoms with E-state index in [1.807, 2.05) is 43.3 Å². The molecule has 10 heteroatoms. The van der Waals surface area contributed by atoms with E-state index in [0.29, 0.717) is 19.4 Å². The van der Waals surface area contributed by atoms with Crippen LogP contribution < -0.4 is 15.5 Å². The highest BCUT2D eigenvalue weighted by atomic mass is 19.4. The lowest BCUT2D eigenvalue weighted by molar-refractivity contribution is -0.192. The number of nitrogens with zero attached hydrogens (tertiary/aromatic N) is 1. The number of carboxylic acids is 1. The van der Waals surface area contributed by atoms with Crippen LogP contribution in [0.25, 0.3) is 0 Å². The summed E-state index contributed by atoms with van der Waals surface area (Å²) in [5.41, 5.74) is 2.27. The first-order valence-corrected chi connectivity index (χ1v) is 9.14. The van der Waals surface area contributed by atoms with Crippen molar-refractivity contribution in [1.82, 2.24) is 10.6 Å². The number of hydrogen-bond donors (Lipinski definition) is 3. The summed E-state index contributed by atoms with van der Waals surface area (Å²) >= 11 is 0. The molecule has 1 saturated heterocycles. The number of aliphatic carboxylic acids is 1. The molecule has 1 atom stereocenters. The number of hydrogen-bond acceptors (Lipinski definition) is 4. The lowest BCUT2D eigenvalue weighted by atomic mass is 10.1. The number of carboxylic acid groups (broad SMARTS) is 1.